The lowest BCUT2D eigenvalue weighted by Crippen LogP contribution is -2.11. The molecule has 5 rings (SSSR count). The number of allylic oxidation sites excluding steroid dienone is 1. The van der Waals surface area contributed by atoms with Gasteiger partial charge in [0.2, 0.25) is 0 Å². The first-order valence-electron chi connectivity index (χ1n) is 10.4. The zero-order chi connectivity index (χ0) is 23.7. The number of rotatable bonds is 6. The first-order chi connectivity index (χ1) is 16.6. The van der Waals surface area contributed by atoms with Crippen molar-refractivity contribution in [2.75, 3.05) is 0 Å². The zero-order valence-electron chi connectivity index (χ0n) is 17.8. The van der Waals surface area contributed by atoms with Gasteiger partial charge in [-0.2, -0.15) is 0 Å². The Morgan fingerprint density at radius 3 is 2.47 bits per heavy atom. The van der Waals surface area contributed by atoms with E-state index in [1.165, 1.54) is 11.8 Å². The molecule has 0 fully saturated rings. The van der Waals surface area contributed by atoms with Gasteiger partial charge in [0, 0.05) is 28.6 Å². The summed E-state index contributed by atoms with van der Waals surface area (Å²) in [6.07, 6.45) is 1.76. The predicted molar refractivity (Wildman–Crippen MR) is 140 cm³/mol. The number of hydrogen-bond donors (Lipinski definition) is 1. The van der Waals surface area contributed by atoms with E-state index in [1.807, 2.05) is 65.2 Å². The molecule has 0 atom stereocenters. The van der Waals surface area contributed by atoms with Crippen LogP contribution in [0.5, 0.6) is 0 Å². The van der Waals surface area contributed by atoms with Crippen LogP contribution in [0, 0.1) is 0 Å². The summed E-state index contributed by atoms with van der Waals surface area (Å²) in [7, 11) is 0. The molecule has 3 aromatic carbocycles. The number of pyridine rings is 1. The van der Waals surface area contributed by atoms with E-state index in [9.17, 15) is 4.79 Å². The van der Waals surface area contributed by atoms with Crippen LogP contribution < -0.4 is 5.56 Å². The van der Waals surface area contributed by atoms with Gasteiger partial charge in [-0.05, 0) is 41.6 Å². The van der Waals surface area contributed by atoms with Gasteiger partial charge in [0.1, 0.15) is 0 Å². The Bertz CT molecular complexity index is 1580. The average molecular weight is 505 g/mol. The number of hydrogen-bond acceptors (Lipinski definition) is 4. The summed E-state index contributed by atoms with van der Waals surface area (Å²) in [6, 6.07) is 23.0. The summed E-state index contributed by atoms with van der Waals surface area (Å²) < 4.78 is 1.90. The minimum atomic E-state index is -0.188. The lowest BCUT2D eigenvalue weighted by atomic mass is 10.0. The van der Waals surface area contributed by atoms with Crippen molar-refractivity contribution in [1.29, 1.82) is 0 Å². The van der Waals surface area contributed by atoms with Crippen LogP contribution in [0.1, 0.15) is 0 Å². The van der Waals surface area contributed by atoms with Crippen molar-refractivity contribution in [3.05, 3.63) is 106 Å². The van der Waals surface area contributed by atoms with Crippen LogP contribution in [0.15, 0.2) is 100 Å². The highest BCUT2D eigenvalue weighted by atomic mass is 35.5. The van der Waals surface area contributed by atoms with E-state index in [-0.39, 0.29) is 5.56 Å². The van der Waals surface area contributed by atoms with Gasteiger partial charge in [-0.3, -0.25) is 9.36 Å². The van der Waals surface area contributed by atoms with Crippen LogP contribution in [-0.4, -0.2) is 19.7 Å². The van der Waals surface area contributed by atoms with Crippen molar-refractivity contribution in [2.45, 2.75) is 16.6 Å². The molecule has 1 N–H and O–H groups in total. The van der Waals surface area contributed by atoms with Gasteiger partial charge >= 0.3 is 0 Å². The second-order valence-corrected chi connectivity index (χ2v) is 9.30. The molecule has 0 aliphatic heterocycles. The molecular formula is C26H18Cl2N4OS. The van der Waals surface area contributed by atoms with Gasteiger partial charge in [0.05, 0.1) is 14.9 Å². The highest BCUT2D eigenvalue weighted by Gasteiger charge is 2.21. The first-order valence-corrected chi connectivity index (χ1v) is 12.0. The Morgan fingerprint density at radius 2 is 1.71 bits per heavy atom. The average Bonchev–Trinajstić information content (AvgIpc) is 3.24. The Balaban J connectivity index is 1.69. The minimum Gasteiger partial charge on any atom is -0.321 e. The highest BCUT2D eigenvalue weighted by Crippen LogP contribution is 2.38. The van der Waals surface area contributed by atoms with Gasteiger partial charge in [-0.25, -0.2) is 0 Å². The summed E-state index contributed by atoms with van der Waals surface area (Å²) in [6.45, 7) is 4.33. The molecular weight excluding hydrogens is 487 g/mol. The number of para-hydroxylation sites is 1. The van der Waals surface area contributed by atoms with E-state index in [1.54, 1.807) is 18.2 Å². The Morgan fingerprint density at radius 1 is 0.941 bits per heavy atom. The molecule has 2 heterocycles. The molecule has 8 heteroatoms. The number of H-pyrrole nitrogens is 1. The number of aromatic nitrogens is 4. The van der Waals surface area contributed by atoms with Gasteiger partial charge in [0.15, 0.2) is 11.0 Å². The molecule has 0 spiro atoms. The lowest BCUT2D eigenvalue weighted by Gasteiger charge is -2.13. The minimum absolute atomic E-state index is 0.188. The molecule has 2 aromatic heterocycles. The number of nitrogens with zero attached hydrogens (tertiary/aromatic N) is 3. The summed E-state index contributed by atoms with van der Waals surface area (Å²) in [5, 5.41) is 11.2. The van der Waals surface area contributed by atoms with E-state index in [0.29, 0.717) is 32.5 Å². The van der Waals surface area contributed by atoms with E-state index < -0.39 is 0 Å². The maximum Gasteiger partial charge on any atom is 0.263 e. The smallest absolute Gasteiger partial charge is 0.263 e. The molecule has 0 aliphatic carbocycles. The molecule has 5 nitrogen and oxygen atoms in total. The SMILES string of the molecule is C=CCn1c(Sc2c(-c3ccccc3)c3ccccc3[nH]c2=O)nnc1-c1ccc(Cl)c(Cl)c1. The van der Waals surface area contributed by atoms with Crippen molar-refractivity contribution >= 4 is 45.9 Å². The Hall–Kier alpha value is -3.32. The van der Waals surface area contributed by atoms with Crippen molar-refractivity contribution in [3.63, 3.8) is 0 Å². The molecule has 0 bridgehead atoms. The second-order valence-electron chi connectivity index (χ2n) is 7.51. The normalized spacial score (nSPS) is 11.1. The van der Waals surface area contributed by atoms with Crippen molar-refractivity contribution in [3.8, 4) is 22.5 Å². The van der Waals surface area contributed by atoms with E-state index >= 15 is 0 Å². The van der Waals surface area contributed by atoms with Crippen molar-refractivity contribution in [2.24, 2.45) is 0 Å². The molecule has 5 aromatic rings. The zero-order valence-corrected chi connectivity index (χ0v) is 20.2. The second kappa shape index (κ2) is 9.50. The number of fused-ring (bicyclic) bond motifs is 1. The maximum absolute atomic E-state index is 13.3. The van der Waals surface area contributed by atoms with Crippen molar-refractivity contribution in [1.82, 2.24) is 19.7 Å². The highest BCUT2D eigenvalue weighted by molar-refractivity contribution is 7.99. The van der Waals surface area contributed by atoms with Crippen LogP contribution in [0.4, 0.5) is 0 Å². The summed E-state index contributed by atoms with van der Waals surface area (Å²) >= 11 is 13.6. The van der Waals surface area contributed by atoms with Crippen molar-refractivity contribution < 1.29 is 0 Å². The van der Waals surface area contributed by atoms with Crippen LogP contribution in [0.2, 0.25) is 10.0 Å². The molecule has 168 valence electrons. The molecule has 0 saturated carbocycles. The van der Waals surface area contributed by atoms with Gasteiger partial charge < -0.3 is 4.98 Å². The molecule has 0 saturated heterocycles. The molecule has 0 radical (unpaired) electrons. The summed E-state index contributed by atoms with van der Waals surface area (Å²) in [5.74, 6) is 0.611. The Kier molecular flexibility index (Phi) is 6.28. The fraction of sp³-hybridized carbons (Fsp3) is 0.0385. The van der Waals surface area contributed by atoms with Crippen LogP contribution in [0.3, 0.4) is 0 Å². The fourth-order valence-corrected chi connectivity index (χ4v) is 5.12. The molecule has 0 amide bonds. The third-order valence-corrected chi connectivity index (χ3v) is 7.16. The van der Waals surface area contributed by atoms with Crippen LogP contribution in [-0.2, 0) is 6.54 Å². The molecule has 34 heavy (non-hydrogen) atoms. The third-order valence-electron chi connectivity index (χ3n) is 5.34. The summed E-state index contributed by atoms with van der Waals surface area (Å²) in [4.78, 5) is 16.8. The summed E-state index contributed by atoms with van der Waals surface area (Å²) in [5.41, 5.74) is 3.17. The van der Waals surface area contributed by atoms with Crippen LogP contribution >= 0.6 is 35.0 Å². The maximum atomic E-state index is 13.3. The Labute approximate surface area is 210 Å². The number of aromatic amines is 1. The van der Waals surface area contributed by atoms with Crippen LogP contribution in [0.25, 0.3) is 33.4 Å². The number of halogens is 2. The third kappa shape index (κ3) is 4.16. The standard InChI is InChI=1S/C26H18Cl2N4OS/c1-2-14-32-24(17-12-13-19(27)20(28)15-17)30-31-26(32)34-23-22(16-8-4-3-5-9-16)18-10-6-7-11-21(18)29-25(23)33/h2-13,15H,1,14H2,(H,29,33). The largest absolute Gasteiger partial charge is 0.321 e. The quantitative estimate of drug-likeness (QED) is 0.250. The monoisotopic (exact) mass is 504 g/mol. The number of nitrogens with one attached hydrogen (secondary N) is 1. The predicted octanol–water partition coefficient (Wildman–Crippen LogP) is 7.10. The molecule has 0 aliphatic rings. The first kappa shape index (κ1) is 22.5. The van der Waals surface area contributed by atoms with E-state index in [4.69, 9.17) is 23.2 Å². The van der Waals surface area contributed by atoms with E-state index in [0.717, 1.165) is 27.6 Å². The molecule has 0 unspecified atom stereocenters. The van der Waals surface area contributed by atoms with Gasteiger partial charge in [-0.1, -0.05) is 77.8 Å². The lowest BCUT2D eigenvalue weighted by molar-refractivity contribution is 0.731. The van der Waals surface area contributed by atoms with Gasteiger partial charge in [0.25, 0.3) is 5.56 Å². The number of benzene rings is 3. The fourth-order valence-electron chi connectivity index (χ4n) is 3.81. The van der Waals surface area contributed by atoms with E-state index in [2.05, 4.69) is 21.8 Å². The topological polar surface area (TPSA) is 63.6 Å². The van der Waals surface area contributed by atoms with Gasteiger partial charge in [-0.15, -0.1) is 16.8 Å².